The van der Waals surface area contributed by atoms with Gasteiger partial charge < -0.3 is 14.6 Å². The number of nitrogens with zero attached hydrogens (tertiary/aromatic N) is 2. The molecule has 3 rings (SSSR count). The lowest BCUT2D eigenvalue weighted by molar-refractivity contribution is 0.210. The van der Waals surface area contributed by atoms with Gasteiger partial charge in [0.05, 0.1) is 12.6 Å². The summed E-state index contributed by atoms with van der Waals surface area (Å²) in [4.78, 5) is 4.43. The van der Waals surface area contributed by atoms with Crippen molar-refractivity contribution in [1.82, 2.24) is 9.55 Å². The van der Waals surface area contributed by atoms with Gasteiger partial charge in [-0.3, -0.25) is 0 Å². The highest BCUT2D eigenvalue weighted by atomic mass is 16.5. The second-order valence-corrected chi connectivity index (χ2v) is 5.18. The number of methoxy groups -OCH3 is 1. The van der Waals surface area contributed by atoms with Crippen molar-refractivity contribution in [1.29, 1.82) is 0 Å². The molecular weight excluding hydrogens is 250 g/mol. The van der Waals surface area contributed by atoms with Crippen molar-refractivity contribution < 1.29 is 4.74 Å². The molecule has 1 aliphatic rings. The fraction of sp³-hybridized carbons (Fsp3) is 0.438. The van der Waals surface area contributed by atoms with Crippen LogP contribution in [0.25, 0.3) is 0 Å². The Morgan fingerprint density at radius 2 is 2.30 bits per heavy atom. The van der Waals surface area contributed by atoms with Crippen LogP contribution in [0.5, 0.6) is 0 Å². The molecule has 0 amide bonds. The van der Waals surface area contributed by atoms with Crippen LogP contribution in [-0.2, 0) is 11.2 Å². The van der Waals surface area contributed by atoms with Crippen LogP contribution in [0.1, 0.15) is 30.0 Å². The van der Waals surface area contributed by atoms with E-state index in [1.807, 2.05) is 6.20 Å². The molecule has 0 bridgehead atoms. The summed E-state index contributed by atoms with van der Waals surface area (Å²) in [5.41, 5.74) is 2.91. The van der Waals surface area contributed by atoms with E-state index in [-0.39, 0.29) is 0 Å². The van der Waals surface area contributed by atoms with Gasteiger partial charge in [-0.2, -0.15) is 0 Å². The van der Waals surface area contributed by atoms with E-state index in [0.29, 0.717) is 12.6 Å². The maximum atomic E-state index is 5.08. The Kier molecular flexibility index (Phi) is 4.02. The van der Waals surface area contributed by atoms with Crippen LogP contribution in [0.4, 0.5) is 5.95 Å². The van der Waals surface area contributed by atoms with Crippen molar-refractivity contribution in [3.63, 3.8) is 0 Å². The van der Waals surface area contributed by atoms with E-state index in [9.17, 15) is 0 Å². The number of aromatic nitrogens is 2. The SMILES string of the molecule is COCCNc1nccn1C1CCCc2ccccc21. The number of nitrogens with one attached hydrogen (secondary N) is 1. The summed E-state index contributed by atoms with van der Waals surface area (Å²) in [6.07, 6.45) is 7.53. The average molecular weight is 271 g/mol. The van der Waals surface area contributed by atoms with E-state index in [2.05, 4.69) is 45.3 Å². The van der Waals surface area contributed by atoms with Crippen LogP contribution in [0.2, 0.25) is 0 Å². The van der Waals surface area contributed by atoms with Crippen LogP contribution in [0.15, 0.2) is 36.7 Å². The van der Waals surface area contributed by atoms with Gasteiger partial charge in [0.1, 0.15) is 0 Å². The van der Waals surface area contributed by atoms with E-state index in [0.717, 1.165) is 12.5 Å². The average Bonchev–Trinajstić information content (AvgIpc) is 2.95. The number of benzene rings is 1. The molecule has 0 saturated carbocycles. The van der Waals surface area contributed by atoms with Gasteiger partial charge in [0, 0.05) is 26.0 Å². The molecule has 0 aliphatic heterocycles. The predicted molar refractivity (Wildman–Crippen MR) is 80.1 cm³/mol. The van der Waals surface area contributed by atoms with E-state index >= 15 is 0 Å². The van der Waals surface area contributed by atoms with Gasteiger partial charge in [-0.05, 0) is 30.4 Å². The first-order valence-electron chi connectivity index (χ1n) is 7.23. The summed E-state index contributed by atoms with van der Waals surface area (Å²) in [5.74, 6) is 0.934. The van der Waals surface area contributed by atoms with Gasteiger partial charge in [0.15, 0.2) is 0 Å². The van der Waals surface area contributed by atoms with Gasteiger partial charge >= 0.3 is 0 Å². The maximum absolute atomic E-state index is 5.08. The van der Waals surface area contributed by atoms with Crippen LogP contribution in [-0.4, -0.2) is 29.8 Å². The van der Waals surface area contributed by atoms with Crippen LogP contribution in [0, 0.1) is 0 Å². The number of fused-ring (bicyclic) bond motifs is 1. The lowest BCUT2D eigenvalue weighted by Crippen LogP contribution is -2.20. The second kappa shape index (κ2) is 6.09. The van der Waals surface area contributed by atoms with Crippen molar-refractivity contribution in [2.24, 2.45) is 0 Å². The van der Waals surface area contributed by atoms with Gasteiger partial charge in [-0.25, -0.2) is 4.98 Å². The van der Waals surface area contributed by atoms with E-state index in [1.54, 1.807) is 7.11 Å². The maximum Gasteiger partial charge on any atom is 0.203 e. The molecule has 1 unspecified atom stereocenters. The van der Waals surface area contributed by atoms with E-state index in [1.165, 1.54) is 30.4 Å². The molecular formula is C16H21N3O. The lowest BCUT2D eigenvalue weighted by atomic mass is 9.87. The summed E-state index contributed by atoms with van der Waals surface area (Å²) < 4.78 is 7.34. The molecule has 4 nitrogen and oxygen atoms in total. The molecule has 1 aromatic heterocycles. The molecule has 0 fully saturated rings. The van der Waals surface area contributed by atoms with Gasteiger partial charge in [0.2, 0.25) is 5.95 Å². The monoisotopic (exact) mass is 271 g/mol. The van der Waals surface area contributed by atoms with Gasteiger partial charge in [-0.15, -0.1) is 0 Å². The molecule has 2 aromatic rings. The summed E-state index contributed by atoms with van der Waals surface area (Å²) in [5, 5.41) is 3.35. The zero-order valence-electron chi connectivity index (χ0n) is 11.9. The Morgan fingerprint density at radius 3 is 3.20 bits per heavy atom. The molecule has 1 aromatic carbocycles. The Balaban J connectivity index is 1.85. The molecule has 0 radical (unpaired) electrons. The zero-order chi connectivity index (χ0) is 13.8. The molecule has 106 valence electrons. The minimum Gasteiger partial charge on any atom is -0.383 e. The Bertz CT molecular complexity index is 564. The largest absolute Gasteiger partial charge is 0.383 e. The molecule has 0 saturated heterocycles. The zero-order valence-corrected chi connectivity index (χ0v) is 11.9. The van der Waals surface area contributed by atoms with Crippen LogP contribution >= 0.6 is 0 Å². The first-order chi connectivity index (χ1) is 9.90. The molecule has 1 heterocycles. The van der Waals surface area contributed by atoms with Crippen LogP contribution < -0.4 is 5.32 Å². The molecule has 1 atom stereocenters. The highest BCUT2D eigenvalue weighted by Gasteiger charge is 2.22. The molecule has 1 N–H and O–H groups in total. The minimum atomic E-state index is 0.396. The Labute approximate surface area is 119 Å². The third kappa shape index (κ3) is 2.56. The molecule has 1 aliphatic carbocycles. The quantitative estimate of drug-likeness (QED) is 0.850. The van der Waals surface area contributed by atoms with Crippen molar-refractivity contribution in [3.8, 4) is 0 Å². The number of aryl methyl sites for hydroxylation is 1. The topological polar surface area (TPSA) is 39.1 Å². The van der Waals surface area contributed by atoms with Crippen molar-refractivity contribution in [2.45, 2.75) is 25.3 Å². The van der Waals surface area contributed by atoms with Gasteiger partial charge in [-0.1, -0.05) is 24.3 Å². The fourth-order valence-electron chi connectivity index (χ4n) is 2.98. The number of rotatable bonds is 5. The van der Waals surface area contributed by atoms with Crippen molar-refractivity contribution in [3.05, 3.63) is 47.8 Å². The summed E-state index contributed by atoms with van der Waals surface area (Å²) >= 11 is 0. The highest BCUT2D eigenvalue weighted by molar-refractivity contribution is 5.36. The summed E-state index contributed by atoms with van der Waals surface area (Å²) in [6.45, 7) is 1.47. The summed E-state index contributed by atoms with van der Waals surface area (Å²) in [7, 11) is 1.71. The minimum absolute atomic E-state index is 0.396. The Morgan fingerprint density at radius 1 is 1.40 bits per heavy atom. The number of ether oxygens (including phenoxy) is 1. The highest BCUT2D eigenvalue weighted by Crippen LogP contribution is 2.34. The predicted octanol–water partition coefficient (Wildman–Crippen LogP) is 2.87. The van der Waals surface area contributed by atoms with E-state index < -0.39 is 0 Å². The van der Waals surface area contributed by atoms with Crippen molar-refractivity contribution >= 4 is 5.95 Å². The number of hydrogen-bond donors (Lipinski definition) is 1. The molecule has 4 heteroatoms. The first-order valence-corrected chi connectivity index (χ1v) is 7.23. The smallest absolute Gasteiger partial charge is 0.203 e. The Hall–Kier alpha value is -1.81. The van der Waals surface area contributed by atoms with Crippen molar-refractivity contribution in [2.75, 3.05) is 25.6 Å². The number of hydrogen-bond acceptors (Lipinski definition) is 3. The normalized spacial score (nSPS) is 17.8. The summed E-state index contributed by atoms with van der Waals surface area (Å²) in [6, 6.07) is 9.15. The van der Waals surface area contributed by atoms with Gasteiger partial charge in [0.25, 0.3) is 0 Å². The lowest BCUT2D eigenvalue weighted by Gasteiger charge is -2.28. The van der Waals surface area contributed by atoms with E-state index in [4.69, 9.17) is 4.74 Å². The van der Waals surface area contributed by atoms with Crippen LogP contribution in [0.3, 0.4) is 0 Å². The number of anilines is 1. The third-order valence-electron chi connectivity index (χ3n) is 3.93. The standard InChI is InChI=1S/C16H21N3O/c1-20-12-10-18-16-17-9-11-19(16)15-8-4-6-13-5-2-3-7-14(13)15/h2-3,5,7,9,11,15H,4,6,8,10,12H2,1H3,(H,17,18). The molecule has 20 heavy (non-hydrogen) atoms. The fourth-order valence-corrected chi connectivity index (χ4v) is 2.98. The molecule has 0 spiro atoms. The first kappa shape index (κ1) is 13.2. The third-order valence-corrected chi connectivity index (χ3v) is 3.93. The second-order valence-electron chi connectivity index (χ2n) is 5.18. The number of imidazole rings is 1.